The van der Waals surface area contributed by atoms with Gasteiger partial charge in [-0.05, 0) is 27.8 Å². The van der Waals surface area contributed by atoms with Crippen molar-refractivity contribution in [1.82, 2.24) is 15.4 Å². The molecule has 0 saturated heterocycles. The third kappa shape index (κ3) is 2.85. The molecule has 0 N–H and O–H groups in total. The standard InChI is InChI=1S/C4HBr3IN3/c5-4(6,7)2-1-9-11-10-3(2)8/h1H. The fraction of sp³-hybridized carbons (Fsp3) is 0.250. The maximum Gasteiger partial charge on any atom is 0.164 e. The van der Waals surface area contributed by atoms with E-state index in [1.54, 1.807) is 6.20 Å². The lowest BCUT2D eigenvalue weighted by molar-refractivity contribution is 0.830. The molecule has 0 radical (unpaired) electrons. The molecule has 3 nitrogen and oxygen atoms in total. The van der Waals surface area contributed by atoms with Crippen molar-refractivity contribution in [2.75, 3.05) is 0 Å². The first kappa shape index (κ1) is 10.3. The molecule has 0 bridgehead atoms. The Hall–Kier alpha value is 1.18. The fourth-order valence-corrected chi connectivity index (χ4v) is 3.07. The number of rotatable bonds is 0. The zero-order chi connectivity index (χ0) is 8.48. The van der Waals surface area contributed by atoms with E-state index in [1.807, 2.05) is 0 Å². The second-order valence-corrected chi connectivity index (χ2v) is 9.42. The SMILES string of the molecule is BrC(Br)(Br)c1cnnnc1I. The molecule has 0 spiro atoms. The van der Waals surface area contributed by atoms with Crippen LogP contribution in [-0.4, -0.2) is 15.4 Å². The number of alkyl halides is 3. The van der Waals surface area contributed by atoms with Gasteiger partial charge in [0.2, 0.25) is 0 Å². The van der Waals surface area contributed by atoms with Crippen molar-refractivity contribution < 1.29 is 0 Å². The highest BCUT2D eigenvalue weighted by molar-refractivity contribution is 14.1. The summed E-state index contributed by atoms with van der Waals surface area (Å²) in [5, 5.41) is 10.9. The van der Waals surface area contributed by atoms with E-state index in [9.17, 15) is 0 Å². The van der Waals surface area contributed by atoms with Gasteiger partial charge in [-0.25, -0.2) is 0 Å². The summed E-state index contributed by atoms with van der Waals surface area (Å²) in [5.74, 6) is 0. The molecule has 1 aromatic heterocycles. The van der Waals surface area contributed by atoms with Crippen molar-refractivity contribution in [2.24, 2.45) is 0 Å². The lowest BCUT2D eigenvalue weighted by Crippen LogP contribution is -2.05. The highest BCUT2D eigenvalue weighted by Crippen LogP contribution is 2.44. The van der Waals surface area contributed by atoms with Gasteiger partial charge in [0.05, 0.1) is 6.20 Å². The number of hydrogen-bond donors (Lipinski definition) is 0. The van der Waals surface area contributed by atoms with Gasteiger partial charge in [0.1, 0.15) is 3.70 Å². The summed E-state index contributed by atoms with van der Waals surface area (Å²) < 4.78 is 0.343. The summed E-state index contributed by atoms with van der Waals surface area (Å²) in [6.45, 7) is 0. The number of nitrogens with zero attached hydrogens (tertiary/aromatic N) is 3. The first-order chi connectivity index (χ1) is 5.02. The molecule has 11 heavy (non-hydrogen) atoms. The first-order valence-electron chi connectivity index (χ1n) is 2.43. The van der Waals surface area contributed by atoms with Crippen LogP contribution in [-0.2, 0) is 2.14 Å². The zero-order valence-electron chi connectivity index (χ0n) is 4.93. The highest BCUT2D eigenvalue weighted by Gasteiger charge is 2.24. The smallest absolute Gasteiger partial charge is 0.138 e. The largest absolute Gasteiger partial charge is 0.164 e. The Morgan fingerprint density at radius 1 is 1.36 bits per heavy atom. The Labute approximate surface area is 102 Å². The van der Waals surface area contributed by atoms with Gasteiger partial charge in [-0.2, -0.15) is 0 Å². The molecule has 0 atom stereocenters. The molecular weight excluding hydrogens is 457 g/mol. The van der Waals surface area contributed by atoms with Gasteiger partial charge in [-0.3, -0.25) is 0 Å². The van der Waals surface area contributed by atoms with E-state index in [0.29, 0.717) is 0 Å². The molecule has 1 aromatic rings. The van der Waals surface area contributed by atoms with Crippen LogP contribution < -0.4 is 0 Å². The van der Waals surface area contributed by atoms with Crippen molar-refractivity contribution in [3.63, 3.8) is 0 Å². The van der Waals surface area contributed by atoms with E-state index >= 15 is 0 Å². The van der Waals surface area contributed by atoms with Crippen molar-refractivity contribution in [1.29, 1.82) is 0 Å². The molecule has 0 unspecified atom stereocenters. The third-order valence-corrected chi connectivity index (χ3v) is 2.98. The quantitative estimate of drug-likeness (QED) is 0.444. The predicted molar refractivity (Wildman–Crippen MR) is 61.0 cm³/mol. The minimum absolute atomic E-state index is 0.452. The van der Waals surface area contributed by atoms with E-state index in [1.165, 1.54) is 0 Å². The summed E-state index contributed by atoms with van der Waals surface area (Å²) in [4.78, 5) is 0. The molecular formula is C4HBr3IN3. The van der Waals surface area contributed by atoms with Crippen LogP contribution in [0.2, 0.25) is 0 Å². The van der Waals surface area contributed by atoms with Crippen LogP contribution >= 0.6 is 70.4 Å². The summed E-state index contributed by atoms with van der Waals surface area (Å²) in [5.41, 5.74) is 0.896. The second-order valence-electron chi connectivity index (χ2n) is 1.64. The van der Waals surface area contributed by atoms with E-state index in [-0.39, 0.29) is 0 Å². The highest BCUT2D eigenvalue weighted by atomic mass is 127. The van der Waals surface area contributed by atoms with E-state index in [2.05, 4.69) is 85.8 Å². The Balaban J connectivity index is 3.14. The van der Waals surface area contributed by atoms with Crippen molar-refractivity contribution >= 4 is 70.4 Å². The zero-order valence-corrected chi connectivity index (χ0v) is 11.8. The monoisotopic (exact) mass is 455 g/mol. The average molecular weight is 458 g/mol. The number of hydrogen-bond acceptors (Lipinski definition) is 3. The maximum atomic E-state index is 3.78. The van der Waals surface area contributed by atoms with Gasteiger partial charge in [-0.1, -0.05) is 47.8 Å². The van der Waals surface area contributed by atoms with Gasteiger partial charge in [0.25, 0.3) is 0 Å². The van der Waals surface area contributed by atoms with Gasteiger partial charge >= 0.3 is 0 Å². The summed E-state index contributed by atoms with van der Waals surface area (Å²) in [6, 6.07) is 0. The normalized spacial score (nSPS) is 11.6. The van der Waals surface area contributed by atoms with E-state index in [0.717, 1.165) is 9.26 Å². The van der Waals surface area contributed by atoms with Crippen LogP contribution in [0.15, 0.2) is 6.20 Å². The van der Waals surface area contributed by atoms with Crippen LogP contribution in [0, 0.1) is 3.70 Å². The Kier molecular flexibility index (Phi) is 3.66. The predicted octanol–water partition coefficient (Wildman–Crippen LogP) is 2.77. The molecule has 0 saturated carbocycles. The number of halogens is 4. The van der Waals surface area contributed by atoms with Crippen LogP contribution in [0.1, 0.15) is 5.56 Å². The Bertz CT molecular complexity index is 261. The minimum atomic E-state index is -0.452. The van der Waals surface area contributed by atoms with Gasteiger partial charge in [0, 0.05) is 5.56 Å². The molecule has 60 valence electrons. The third-order valence-electron chi connectivity index (χ3n) is 0.899. The molecule has 0 aliphatic carbocycles. The lowest BCUT2D eigenvalue weighted by atomic mass is 10.4. The average Bonchev–Trinajstić information content (AvgIpc) is 1.86. The maximum absolute atomic E-state index is 3.78. The van der Waals surface area contributed by atoms with E-state index in [4.69, 9.17) is 0 Å². The van der Waals surface area contributed by atoms with Crippen molar-refractivity contribution in [2.45, 2.75) is 2.14 Å². The van der Waals surface area contributed by atoms with Crippen molar-refractivity contribution in [3.8, 4) is 0 Å². The molecule has 0 aliphatic heterocycles. The molecule has 0 aliphatic rings. The fourth-order valence-electron chi connectivity index (χ4n) is 0.446. The lowest BCUT2D eigenvalue weighted by Gasteiger charge is -2.11. The Morgan fingerprint density at radius 2 is 2.00 bits per heavy atom. The number of aromatic nitrogens is 3. The first-order valence-corrected chi connectivity index (χ1v) is 5.88. The van der Waals surface area contributed by atoms with Gasteiger partial charge in [0.15, 0.2) is 2.14 Å². The Morgan fingerprint density at radius 3 is 2.36 bits per heavy atom. The molecule has 1 rings (SSSR count). The van der Waals surface area contributed by atoms with E-state index < -0.39 is 2.14 Å². The molecule has 0 aromatic carbocycles. The molecule has 7 heteroatoms. The summed E-state index contributed by atoms with van der Waals surface area (Å²) in [7, 11) is 0. The van der Waals surface area contributed by atoms with Crippen LogP contribution in [0.25, 0.3) is 0 Å². The van der Waals surface area contributed by atoms with Crippen LogP contribution in [0.5, 0.6) is 0 Å². The molecule has 0 fully saturated rings. The summed E-state index contributed by atoms with van der Waals surface area (Å²) in [6.07, 6.45) is 1.63. The van der Waals surface area contributed by atoms with Gasteiger partial charge in [-0.15, -0.1) is 10.2 Å². The topological polar surface area (TPSA) is 38.7 Å². The summed E-state index contributed by atoms with van der Waals surface area (Å²) >= 11 is 12.2. The minimum Gasteiger partial charge on any atom is -0.138 e. The van der Waals surface area contributed by atoms with Crippen LogP contribution in [0.4, 0.5) is 0 Å². The molecule has 0 amide bonds. The second kappa shape index (κ2) is 3.93. The van der Waals surface area contributed by atoms with Gasteiger partial charge < -0.3 is 0 Å². The molecule has 1 heterocycles. The van der Waals surface area contributed by atoms with Crippen molar-refractivity contribution in [3.05, 3.63) is 15.5 Å². The van der Waals surface area contributed by atoms with Crippen LogP contribution in [0.3, 0.4) is 0 Å².